The number of fused-ring (bicyclic) bond motifs is 1. The number of pyridine rings is 1. The summed E-state index contributed by atoms with van der Waals surface area (Å²) in [4.78, 5) is 22.6. The van der Waals surface area contributed by atoms with Crippen LogP contribution in [0.1, 0.15) is 18.5 Å². The van der Waals surface area contributed by atoms with Gasteiger partial charge in [-0.05, 0) is 55.0 Å². The number of anilines is 2. The van der Waals surface area contributed by atoms with Gasteiger partial charge in [0.15, 0.2) is 5.82 Å². The highest BCUT2D eigenvalue weighted by Gasteiger charge is 2.35. The highest BCUT2D eigenvalue weighted by Crippen LogP contribution is 2.37. The summed E-state index contributed by atoms with van der Waals surface area (Å²) in [6.45, 7) is 1.85. The number of methoxy groups -OCH3 is 2. The predicted molar refractivity (Wildman–Crippen MR) is 132 cm³/mol. The first-order valence-electron chi connectivity index (χ1n) is 11.0. The minimum atomic E-state index is -0.533. The zero-order valence-corrected chi connectivity index (χ0v) is 19.5. The fraction of sp³-hybridized carbons (Fsp3) is 0.154. The molecule has 3 heterocycles. The number of benzene rings is 2. The van der Waals surface area contributed by atoms with E-state index in [9.17, 15) is 4.79 Å². The number of allylic oxidation sites excluding steroid dienone is 1. The molecule has 2 N–H and O–H groups in total. The Bertz CT molecular complexity index is 1400. The monoisotopic (exact) mass is 468 g/mol. The van der Waals surface area contributed by atoms with Crippen molar-refractivity contribution in [1.29, 1.82) is 0 Å². The molecule has 9 nitrogen and oxygen atoms in total. The quantitative estimate of drug-likeness (QED) is 0.435. The molecule has 4 aromatic rings. The van der Waals surface area contributed by atoms with Crippen molar-refractivity contribution in [3.05, 3.63) is 89.9 Å². The molecule has 2 aromatic carbocycles. The molecule has 0 unspecified atom stereocenters. The second-order valence-corrected chi connectivity index (χ2v) is 7.94. The summed E-state index contributed by atoms with van der Waals surface area (Å²) >= 11 is 0. The maximum Gasteiger partial charge on any atom is 0.255 e. The molecule has 0 fully saturated rings. The van der Waals surface area contributed by atoms with Gasteiger partial charge in [-0.2, -0.15) is 4.98 Å². The van der Waals surface area contributed by atoms with Crippen LogP contribution in [0.15, 0.2) is 84.3 Å². The van der Waals surface area contributed by atoms with Crippen molar-refractivity contribution in [3.63, 3.8) is 0 Å². The Hall–Kier alpha value is -4.66. The standard InChI is InChI=1S/C26H24N6O3/c1-16-22(25(33)29-20-8-4-5-9-21(20)35-3)23(18-7-6-14-27-15-18)32-26(28-16)30-24(31-32)17-10-12-19(34-2)13-11-17/h4-15,23H,1-3H3,(H,29,33)(H,28,30,31)/t23-/m1/s1. The fourth-order valence-corrected chi connectivity index (χ4v) is 4.09. The molecule has 5 rings (SSSR count). The van der Waals surface area contributed by atoms with Crippen LogP contribution in [0.5, 0.6) is 11.5 Å². The lowest BCUT2D eigenvalue weighted by Crippen LogP contribution is -2.31. The largest absolute Gasteiger partial charge is 0.497 e. The number of ether oxygens (including phenoxy) is 2. The van der Waals surface area contributed by atoms with E-state index in [-0.39, 0.29) is 5.91 Å². The van der Waals surface area contributed by atoms with Gasteiger partial charge < -0.3 is 20.1 Å². The van der Waals surface area contributed by atoms with Gasteiger partial charge in [0.1, 0.15) is 17.5 Å². The first-order chi connectivity index (χ1) is 17.1. The summed E-state index contributed by atoms with van der Waals surface area (Å²) in [5.41, 5.74) is 3.40. The van der Waals surface area contributed by atoms with E-state index in [4.69, 9.17) is 19.6 Å². The molecule has 176 valence electrons. The summed E-state index contributed by atoms with van der Waals surface area (Å²) in [5, 5.41) is 11.0. The topological polar surface area (TPSA) is 103 Å². The van der Waals surface area contributed by atoms with Gasteiger partial charge in [0.05, 0.1) is 25.5 Å². The summed E-state index contributed by atoms with van der Waals surface area (Å²) in [7, 11) is 3.19. The van der Waals surface area contributed by atoms with Crippen molar-refractivity contribution in [2.75, 3.05) is 24.9 Å². The third-order valence-electron chi connectivity index (χ3n) is 5.80. The van der Waals surface area contributed by atoms with Crippen molar-refractivity contribution < 1.29 is 14.3 Å². The van der Waals surface area contributed by atoms with Gasteiger partial charge in [-0.3, -0.25) is 9.78 Å². The minimum absolute atomic E-state index is 0.277. The molecule has 2 aromatic heterocycles. The molecule has 1 amide bonds. The fourth-order valence-electron chi connectivity index (χ4n) is 4.09. The maximum atomic E-state index is 13.6. The maximum absolute atomic E-state index is 13.6. The number of amides is 1. The Morgan fingerprint density at radius 1 is 1.03 bits per heavy atom. The number of hydrogen-bond donors (Lipinski definition) is 2. The number of carbonyl (C=O) groups is 1. The highest BCUT2D eigenvalue weighted by atomic mass is 16.5. The van der Waals surface area contributed by atoms with Crippen molar-refractivity contribution in [3.8, 4) is 22.9 Å². The zero-order valence-electron chi connectivity index (χ0n) is 19.5. The number of para-hydroxylation sites is 2. The number of rotatable bonds is 6. The Balaban J connectivity index is 1.57. The third kappa shape index (κ3) is 4.19. The van der Waals surface area contributed by atoms with Gasteiger partial charge >= 0.3 is 0 Å². The van der Waals surface area contributed by atoms with E-state index in [0.29, 0.717) is 34.5 Å². The van der Waals surface area contributed by atoms with E-state index in [1.165, 1.54) is 0 Å². The van der Waals surface area contributed by atoms with Crippen molar-refractivity contribution in [1.82, 2.24) is 19.7 Å². The SMILES string of the molecule is COc1ccc(-c2nc3n(n2)[C@H](c2cccnc2)C(C(=O)Nc2ccccc2OC)=C(C)N3)cc1. The molecule has 1 aliphatic heterocycles. The molecular weight excluding hydrogens is 444 g/mol. The Labute approximate surface area is 202 Å². The number of nitrogens with one attached hydrogen (secondary N) is 2. The molecule has 1 aliphatic rings. The van der Waals surface area contributed by atoms with Crippen LogP contribution in [0.25, 0.3) is 11.4 Å². The lowest BCUT2D eigenvalue weighted by atomic mass is 9.96. The number of nitrogens with zero attached hydrogens (tertiary/aromatic N) is 4. The minimum Gasteiger partial charge on any atom is -0.497 e. The normalized spacial score (nSPS) is 14.7. The molecular formula is C26H24N6O3. The van der Waals surface area contributed by atoms with Crippen LogP contribution in [0.4, 0.5) is 11.6 Å². The van der Waals surface area contributed by atoms with E-state index in [2.05, 4.69) is 15.6 Å². The second-order valence-electron chi connectivity index (χ2n) is 7.94. The average molecular weight is 469 g/mol. The Morgan fingerprint density at radius 2 is 1.83 bits per heavy atom. The van der Waals surface area contributed by atoms with Gasteiger partial charge in [-0.1, -0.05) is 18.2 Å². The van der Waals surface area contributed by atoms with Crippen LogP contribution >= 0.6 is 0 Å². The van der Waals surface area contributed by atoms with Crippen LogP contribution in [0, 0.1) is 0 Å². The first-order valence-corrected chi connectivity index (χ1v) is 11.0. The molecule has 0 saturated heterocycles. The highest BCUT2D eigenvalue weighted by molar-refractivity contribution is 6.06. The molecule has 0 radical (unpaired) electrons. The van der Waals surface area contributed by atoms with Gasteiger partial charge in [0, 0.05) is 23.7 Å². The number of hydrogen-bond acceptors (Lipinski definition) is 7. The second kappa shape index (κ2) is 9.30. The van der Waals surface area contributed by atoms with Gasteiger partial charge in [0.2, 0.25) is 5.95 Å². The third-order valence-corrected chi connectivity index (χ3v) is 5.80. The number of carbonyl (C=O) groups excluding carboxylic acids is 1. The van der Waals surface area contributed by atoms with Crippen LogP contribution in [-0.2, 0) is 4.79 Å². The summed E-state index contributed by atoms with van der Waals surface area (Å²) in [5.74, 6) is 2.11. The van der Waals surface area contributed by atoms with E-state index in [1.807, 2.05) is 55.5 Å². The van der Waals surface area contributed by atoms with Crippen LogP contribution in [0.3, 0.4) is 0 Å². The molecule has 0 spiro atoms. The van der Waals surface area contributed by atoms with E-state index in [0.717, 1.165) is 16.9 Å². The predicted octanol–water partition coefficient (Wildman–Crippen LogP) is 4.28. The molecule has 0 bridgehead atoms. The van der Waals surface area contributed by atoms with Gasteiger partial charge in [-0.25, -0.2) is 4.68 Å². The van der Waals surface area contributed by atoms with Gasteiger partial charge in [-0.15, -0.1) is 5.10 Å². The number of aromatic nitrogens is 4. The molecule has 0 saturated carbocycles. The zero-order chi connectivity index (χ0) is 24.4. The summed E-state index contributed by atoms with van der Waals surface area (Å²) in [6.07, 6.45) is 3.43. The lowest BCUT2D eigenvalue weighted by Gasteiger charge is -2.28. The Kier molecular flexibility index (Phi) is 5.88. The Morgan fingerprint density at radius 3 is 2.54 bits per heavy atom. The van der Waals surface area contributed by atoms with Crippen LogP contribution in [0.2, 0.25) is 0 Å². The molecule has 1 atom stereocenters. The molecule has 9 heteroatoms. The van der Waals surface area contributed by atoms with E-state index in [1.54, 1.807) is 43.4 Å². The van der Waals surface area contributed by atoms with E-state index >= 15 is 0 Å². The summed E-state index contributed by atoms with van der Waals surface area (Å²) < 4.78 is 12.4. The average Bonchev–Trinajstić information content (AvgIpc) is 3.32. The molecule has 0 aliphatic carbocycles. The smallest absolute Gasteiger partial charge is 0.255 e. The van der Waals surface area contributed by atoms with Crippen molar-refractivity contribution in [2.45, 2.75) is 13.0 Å². The first kappa shape index (κ1) is 22.1. The van der Waals surface area contributed by atoms with Crippen LogP contribution < -0.4 is 20.1 Å². The van der Waals surface area contributed by atoms with Crippen LogP contribution in [-0.4, -0.2) is 39.9 Å². The van der Waals surface area contributed by atoms with Gasteiger partial charge in [0.25, 0.3) is 5.91 Å². The van der Waals surface area contributed by atoms with Crippen molar-refractivity contribution >= 4 is 17.5 Å². The summed E-state index contributed by atoms with van der Waals surface area (Å²) in [6, 6.07) is 18.0. The molecule has 35 heavy (non-hydrogen) atoms. The lowest BCUT2D eigenvalue weighted by molar-refractivity contribution is -0.113. The van der Waals surface area contributed by atoms with E-state index < -0.39 is 6.04 Å². The van der Waals surface area contributed by atoms with Crippen molar-refractivity contribution in [2.24, 2.45) is 0 Å².